The van der Waals surface area contributed by atoms with Crippen molar-refractivity contribution in [3.63, 3.8) is 0 Å². The zero-order chi connectivity index (χ0) is 15.1. The van der Waals surface area contributed by atoms with Crippen LogP contribution in [0.5, 0.6) is 0 Å². The molecule has 4 nitrogen and oxygen atoms in total. The lowest BCUT2D eigenvalue weighted by Gasteiger charge is -2.27. The minimum Gasteiger partial charge on any atom is -0.480 e. The largest absolute Gasteiger partial charge is 0.480 e. The van der Waals surface area contributed by atoms with Crippen molar-refractivity contribution in [3.05, 3.63) is 12.2 Å². The third kappa shape index (κ3) is 4.44. The Labute approximate surface area is 121 Å². The summed E-state index contributed by atoms with van der Waals surface area (Å²) in [7, 11) is 0. The van der Waals surface area contributed by atoms with E-state index in [1.54, 1.807) is 0 Å². The third-order valence-corrected chi connectivity index (χ3v) is 4.27. The fraction of sp³-hybridized carbons (Fsp3) is 0.750. The van der Waals surface area contributed by atoms with E-state index in [-0.39, 0.29) is 23.7 Å². The minimum atomic E-state index is -0.818. The number of Topliss-reactive ketones (excluding diaryl/α,β-unsaturated/α-hetero) is 1. The van der Waals surface area contributed by atoms with Crippen molar-refractivity contribution < 1.29 is 14.7 Å². The monoisotopic (exact) mass is 281 g/mol. The summed E-state index contributed by atoms with van der Waals surface area (Å²) < 4.78 is 0. The number of hydrogen-bond donors (Lipinski definition) is 2. The summed E-state index contributed by atoms with van der Waals surface area (Å²) >= 11 is 0. The molecule has 2 N–H and O–H groups in total. The van der Waals surface area contributed by atoms with Crippen molar-refractivity contribution in [2.75, 3.05) is 0 Å². The van der Waals surface area contributed by atoms with Crippen LogP contribution in [0.1, 0.15) is 52.9 Å². The van der Waals surface area contributed by atoms with Gasteiger partial charge in [-0.05, 0) is 25.2 Å². The molecule has 1 saturated carbocycles. The predicted octanol–water partition coefficient (Wildman–Crippen LogP) is 2.78. The quantitative estimate of drug-likeness (QED) is 0.671. The van der Waals surface area contributed by atoms with E-state index >= 15 is 0 Å². The van der Waals surface area contributed by atoms with Crippen LogP contribution in [0.25, 0.3) is 0 Å². The van der Waals surface area contributed by atoms with E-state index in [9.17, 15) is 14.7 Å². The lowest BCUT2D eigenvalue weighted by molar-refractivity contribution is -0.141. The number of hydrogen-bond acceptors (Lipinski definition) is 3. The molecule has 0 aromatic carbocycles. The van der Waals surface area contributed by atoms with Crippen LogP contribution < -0.4 is 5.32 Å². The van der Waals surface area contributed by atoms with Gasteiger partial charge in [0.05, 0.1) is 0 Å². The molecule has 0 heterocycles. The molecule has 1 aliphatic carbocycles. The van der Waals surface area contributed by atoms with Gasteiger partial charge in [-0.25, -0.2) is 0 Å². The van der Waals surface area contributed by atoms with E-state index < -0.39 is 12.0 Å². The molecule has 0 aromatic heterocycles. The molecule has 0 aromatic rings. The first-order valence-electron chi connectivity index (χ1n) is 7.67. The maximum atomic E-state index is 11.9. The lowest BCUT2D eigenvalue weighted by atomic mass is 9.94. The Kier molecular flexibility index (Phi) is 6.93. The van der Waals surface area contributed by atoms with Gasteiger partial charge < -0.3 is 10.4 Å². The Balaban J connectivity index is 2.69. The number of rotatable bonds is 8. The molecule has 0 aliphatic heterocycles. The molecular formula is C16H27NO3. The SMILES string of the molecule is CC/C=C\C[C@@H]1C(=O)CC[C@@H]1N[C@H](C(=O)O)[C@@H](C)CC. The van der Waals surface area contributed by atoms with Crippen LogP contribution in [-0.4, -0.2) is 28.9 Å². The average molecular weight is 281 g/mol. The van der Waals surface area contributed by atoms with Crippen LogP contribution in [0.2, 0.25) is 0 Å². The summed E-state index contributed by atoms with van der Waals surface area (Å²) in [5, 5.41) is 12.6. The zero-order valence-electron chi connectivity index (χ0n) is 12.8. The first kappa shape index (κ1) is 16.9. The standard InChI is InChI=1S/C16H27NO3/c1-4-6-7-8-12-13(9-10-14(12)18)17-15(16(19)20)11(3)5-2/h6-7,11-13,15,17H,4-5,8-10H2,1-3H3,(H,19,20)/b7-6-/t11-,12-,13-,15-/m0/s1. The number of aliphatic carboxylic acids is 1. The number of carbonyl (C=O) groups is 2. The van der Waals surface area contributed by atoms with Gasteiger partial charge in [0, 0.05) is 18.4 Å². The lowest BCUT2D eigenvalue weighted by Crippen LogP contribution is -2.48. The normalized spacial score (nSPS) is 26.1. The van der Waals surface area contributed by atoms with Gasteiger partial charge in [0.1, 0.15) is 11.8 Å². The molecule has 1 fully saturated rings. The zero-order valence-corrected chi connectivity index (χ0v) is 12.8. The summed E-state index contributed by atoms with van der Waals surface area (Å²) in [5.41, 5.74) is 0. The highest BCUT2D eigenvalue weighted by Gasteiger charge is 2.37. The molecule has 0 spiro atoms. The Morgan fingerprint density at radius 3 is 2.70 bits per heavy atom. The molecule has 0 radical (unpaired) electrons. The van der Waals surface area contributed by atoms with Gasteiger partial charge in [-0.15, -0.1) is 0 Å². The molecule has 4 heteroatoms. The molecule has 0 unspecified atom stereocenters. The molecule has 1 rings (SSSR count). The van der Waals surface area contributed by atoms with Gasteiger partial charge in [0.25, 0.3) is 0 Å². The number of allylic oxidation sites excluding steroid dienone is 2. The van der Waals surface area contributed by atoms with Gasteiger partial charge in [0.2, 0.25) is 0 Å². The average Bonchev–Trinajstić information content (AvgIpc) is 2.76. The second kappa shape index (κ2) is 8.20. The minimum absolute atomic E-state index is 0.000828. The summed E-state index contributed by atoms with van der Waals surface area (Å²) in [6, 6.07) is -0.562. The van der Waals surface area contributed by atoms with E-state index in [4.69, 9.17) is 0 Å². The maximum Gasteiger partial charge on any atom is 0.320 e. The van der Waals surface area contributed by atoms with Crippen molar-refractivity contribution >= 4 is 11.8 Å². The van der Waals surface area contributed by atoms with Crippen LogP contribution in [0.15, 0.2) is 12.2 Å². The first-order valence-corrected chi connectivity index (χ1v) is 7.67. The second-order valence-electron chi connectivity index (χ2n) is 5.70. The molecule has 20 heavy (non-hydrogen) atoms. The molecule has 0 bridgehead atoms. The van der Waals surface area contributed by atoms with Gasteiger partial charge in [-0.3, -0.25) is 9.59 Å². The highest BCUT2D eigenvalue weighted by atomic mass is 16.4. The van der Waals surface area contributed by atoms with Crippen LogP contribution in [0, 0.1) is 11.8 Å². The van der Waals surface area contributed by atoms with Gasteiger partial charge in [0.15, 0.2) is 0 Å². The van der Waals surface area contributed by atoms with Crippen LogP contribution in [0.3, 0.4) is 0 Å². The molecule has 0 amide bonds. The van der Waals surface area contributed by atoms with Crippen LogP contribution in [0.4, 0.5) is 0 Å². The Hall–Kier alpha value is -1.16. The van der Waals surface area contributed by atoms with Crippen molar-refractivity contribution in [3.8, 4) is 0 Å². The van der Waals surface area contributed by atoms with Crippen molar-refractivity contribution in [1.29, 1.82) is 0 Å². The number of ketones is 1. The Morgan fingerprint density at radius 1 is 1.45 bits per heavy atom. The highest BCUT2D eigenvalue weighted by Crippen LogP contribution is 2.27. The number of carboxylic acids is 1. The van der Waals surface area contributed by atoms with Gasteiger partial charge in [-0.1, -0.05) is 39.3 Å². The smallest absolute Gasteiger partial charge is 0.320 e. The van der Waals surface area contributed by atoms with E-state index in [0.29, 0.717) is 6.42 Å². The van der Waals surface area contributed by atoms with Crippen LogP contribution in [-0.2, 0) is 9.59 Å². The molecular weight excluding hydrogens is 254 g/mol. The summed E-state index contributed by atoms with van der Waals surface area (Å²) in [4.78, 5) is 23.3. The van der Waals surface area contributed by atoms with E-state index in [2.05, 4.69) is 18.3 Å². The van der Waals surface area contributed by atoms with Gasteiger partial charge in [-0.2, -0.15) is 0 Å². The van der Waals surface area contributed by atoms with Crippen molar-refractivity contribution in [1.82, 2.24) is 5.32 Å². The van der Waals surface area contributed by atoms with E-state index in [1.165, 1.54) is 0 Å². The van der Waals surface area contributed by atoms with Gasteiger partial charge >= 0.3 is 5.97 Å². The fourth-order valence-electron chi connectivity index (χ4n) is 2.76. The Morgan fingerprint density at radius 2 is 2.15 bits per heavy atom. The van der Waals surface area contributed by atoms with Crippen molar-refractivity contribution in [2.24, 2.45) is 11.8 Å². The Bertz CT molecular complexity index is 365. The fourth-order valence-corrected chi connectivity index (χ4v) is 2.76. The molecule has 1 aliphatic rings. The number of carboxylic acid groups (broad SMARTS) is 1. The number of carbonyl (C=O) groups excluding carboxylic acids is 1. The van der Waals surface area contributed by atoms with E-state index in [0.717, 1.165) is 25.7 Å². The van der Waals surface area contributed by atoms with Crippen molar-refractivity contribution in [2.45, 2.75) is 65.0 Å². The summed E-state index contributed by atoms with van der Waals surface area (Å²) in [6.45, 7) is 5.99. The molecule has 0 saturated heterocycles. The highest BCUT2D eigenvalue weighted by molar-refractivity contribution is 5.84. The second-order valence-corrected chi connectivity index (χ2v) is 5.70. The summed E-state index contributed by atoms with van der Waals surface area (Å²) in [6.07, 6.45) is 7.91. The molecule has 4 atom stereocenters. The first-order chi connectivity index (χ1) is 9.51. The third-order valence-electron chi connectivity index (χ3n) is 4.27. The maximum absolute atomic E-state index is 11.9. The van der Waals surface area contributed by atoms with Crippen LogP contribution >= 0.6 is 0 Å². The topological polar surface area (TPSA) is 66.4 Å². The van der Waals surface area contributed by atoms with E-state index in [1.807, 2.05) is 19.9 Å². The molecule has 114 valence electrons. The summed E-state index contributed by atoms with van der Waals surface area (Å²) in [5.74, 6) is -0.558. The number of nitrogens with one attached hydrogen (secondary N) is 1. The predicted molar refractivity (Wildman–Crippen MR) is 79.6 cm³/mol.